The lowest BCUT2D eigenvalue weighted by Crippen LogP contribution is -2.62. The molecule has 2 aromatic heterocycles. The van der Waals surface area contributed by atoms with Crippen LogP contribution in [0, 0.1) is 11.8 Å². The van der Waals surface area contributed by atoms with Gasteiger partial charge in [0.2, 0.25) is 82.7 Å². The standard InChI is InChI=1S/C96H137N27O21S/c1-53(2)49-72-89(136)112-67(34-40-98)83(130)111-70(37-43-101)88(135)119-79(55(5)124)91(138)105-46-38-71(86(133)110-68(35-41-99)85(132)117-73(90(137)116-72)50-57-17-10-9-11-18-57)113-84(131)69(36-42-100)115-93(140)80(56(6)125)120-87(134)66(33-39-97)109-76(126)31-32-77(127)118-78(54(3)4)92(139)114-65(21-16-45-106-94(102)141)82(129)108-60-25-23-58(24-26-60)52-144-95(142)107-47-48-122(8)96(143)123-74-51-61(145-75-22-13-12-20-63(75)81(128)103-7)28-29-62(74)64(121-123)30-27-59-19-14-15-44-104-59/h9-15,17-20,22-30,44,51,53-56,65-73,78-80,124-125H,16,21,31-43,45-50,52,97-101H2,1-8H3,(H,103,128)(H,105,138)(H,107,142)(H,108,129)(H,109,126)(H,110,133)(H,111,130)(H,112,136)(H,113,131)(H,114,139)(H,115,140)(H,116,137)(H,117,132)(H,118,127)(H,119,135)(H,120,134)(H3,102,106,141)/b30-27+/t55-,56-,65?,66+,67+,68+,69+,70+,71+,72+,73-,78+,79+,80+/m0/s1. The number of ether oxygens (including phenoxy) is 1. The van der Waals surface area contributed by atoms with Crippen molar-refractivity contribution < 1.29 is 101 Å². The molecule has 3 heterocycles. The molecule has 19 amide bonds. The van der Waals surface area contributed by atoms with Crippen molar-refractivity contribution in [1.29, 1.82) is 0 Å². The normalized spacial score (nSPS) is 18.2. The summed E-state index contributed by atoms with van der Waals surface area (Å²) in [6.45, 7) is 6.99. The third kappa shape index (κ3) is 38.2. The van der Waals surface area contributed by atoms with E-state index < -0.39 is 224 Å². The van der Waals surface area contributed by atoms with Gasteiger partial charge < -0.3 is 145 Å². The van der Waals surface area contributed by atoms with Crippen molar-refractivity contribution in [1.82, 2.24) is 105 Å². The molecule has 4 aromatic carbocycles. The summed E-state index contributed by atoms with van der Waals surface area (Å²) < 4.78 is 6.74. The van der Waals surface area contributed by atoms with E-state index in [1.54, 1.807) is 127 Å². The summed E-state index contributed by atoms with van der Waals surface area (Å²) in [7, 11) is 3.09. The minimum Gasteiger partial charge on any atom is -0.445 e. The lowest BCUT2D eigenvalue weighted by Gasteiger charge is -2.29. The summed E-state index contributed by atoms with van der Waals surface area (Å²) in [6, 6.07) is 12.6. The first kappa shape index (κ1) is 117. The fraction of sp³-hybridized carbons (Fsp3) is 0.479. The van der Waals surface area contributed by atoms with Gasteiger partial charge in [-0.25, -0.2) is 14.4 Å². The number of amides is 19. The SMILES string of the molecule is CNC(=O)c1ccccc1Sc1ccc2c(/C=C/c3ccccn3)nn(C(=O)N(C)CCNC(=O)OCc3ccc(NC(=O)C(CCCNC(N)=O)NC(=O)[C@H](NC(=O)CCC(=O)N[C@H](CCN)C(=O)N[C@@H](C(=O)N[C@H](CCN)C(=O)N[C@@H]4CCNC(=O)[C@@H]([C@H](C)O)NC(=O)[C@@H](CCN)NC(=O)[C@@H](CCN)NC(=O)[C@@H](CC(C)C)NC(=O)[C@H](Cc5ccccc5)NC(=O)[C@@H](CCN)NC4=O)[C@H](C)O)C(C)C)cc3)c2c1. The smallest absolute Gasteiger partial charge is 0.407 e. The molecule has 0 bridgehead atoms. The third-order valence-corrected chi connectivity index (χ3v) is 23.9. The number of likely N-dealkylation sites (N-methyl/N-ethyl adjacent to an activating group) is 1. The molecule has 0 saturated carbocycles. The molecule has 1 saturated heterocycles. The Labute approximate surface area is 842 Å². The number of aliphatic hydroxyl groups is 2. The van der Waals surface area contributed by atoms with Crippen molar-refractivity contribution in [3.63, 3.8) is 0 Å². The van der Waals surface area contributed by atoms with Gasteiger partial charge in [0.1, 0.15) is 79.1 Å². The van der Waals surface area contributed by atoms with Crippen molar-refractivity contribution in [2.45, 2.75) is 220 Å². The summed E-state index contributed by atoms with van der Waals surface area (Å²) in [4.78, 5) is 258. The Balaban J connectivity index is 0.967. The van der Waals surface area contributed by atoms with Crippen LogP contribution in [-0.2, 0) is 84.9 Å². The fourth-order valence-corrected chi connectivity index (χ4v) is 16.0. The van der Waals surface area contributed by atoms with Crippen molar-refractivity contribution in [3.05, 3.63) is 150 Å². The van der Waals surface area contributed by atoms with Crippen molar-refractivity contribution in [2.75, 3.05) is 78.3 Å². The summed E-state index contributed by atoms with van der Waals surface area (Å²) >= 11 is 1.34. The number of carbonyl (C=O) groups excluding carboxylic acids is 18. The van der Waals surface area contributed by atoms with E-state index >= 15 is 0 Å². The van der Waals surface area contributed by atoms with E-state index in [1.165, 1.54) is 33.5 Å². The summed E-state index contributed by atoms with van der Waals surface area (Å²) in [5.74, 6) is -14.7. The number of aromatic nitrogens is 3. The monoisotopic (exact) mass is 2040 g/mol. The Bertz CT molecular complexity index is 5450. The lowest BCUT2D eigenvalue weighted by atomic mass is 10.00. The number of anilines is 1. The number of primary amides is 1. The minimum atomic E-state index is -1.92. The van der Waals surface area contributed by atoms with Crippen LogP contribution in [0.15, 0.2) is 131 Å². The Morgan fingerprint density at radius 2 is 1.13 bits per heavy atom. The molecule has 48 nitrogen and oxygen atoms in total. The number of nitrogens with zero attached hydrogens (tertiary/aromatic N) is 4. The van der Waals surface area contributed by atoms with Gasteiger partial charge in [-0.1, -0.05) is 100 Å². The second-order valence-electron chi connectivity index (χ2n) is 35.2. The van der Waals surface area contributed by atoms with E-state index in [1.807, 2.05) is 36.4 Å². The highest BCUT2D eigenvalue weighted by Gasteiger charge is 2.40. The number of rotatable bonds is 46. The van der Waals surface area contributed by atoms with Crippen LogP contribution in [0.25, 0.3) is 23.1 Å². The van der Waals surface area contributed by atoms with Crippen LogP contribution in [0.2, 0.25) is 0 Å². The number of aliphatic hydroxyl groups excluding tert-OH is 2. The zero-order valence-electron chi connectivity index (χ0n) is 82.3. The van der Waals surface area contributed by atoms with E-state index in [0.717, 1.165) is 18.7 Å². The van der Waals surface area contributed by atoms with Crippen LogP contribution in [-0.4, -0.2) is 294 Å². The minimum absolute atomic E-state index is 0.00330. The predicted octanol–water partition coefficient (Wildman–Crippen LogP) is -3.11. The molecule has 1 fully saturated rings. The van der Waals surface area contributed by atoms with Gasteiger partial charge in [-0.3, -0.25) is 76.9 Å². The number of hydrogen-bond acceptors (Lipinski definition) is 29. The number of alkyl carbamates (subject to hydrolysis) is 1. The van der Waals surface area contributed by atoms with Crippen LogP contribution >= 0.6 is 11.8 Å². The Morgan fingerprint density at radius 1 is 0.566 bits per heavy atom. The highest BCUT2D eigenvalue weighted by molar-refractivity contribution is 7.99. The number of pyridine rings is 1. The quantitative estimate of drug-likeness (QED) is 0.0168. The van der Waals surface area contributed by atoms with Crippen LogP contribution < -0.4 is 125 Å². The van der Waals surface area contributed by atoms with Gasteiger partial charge in [0.25, 0.3) is 5.91 Å². The topological polar surface area (TPSA) is 752 Å². The van der Waals surface area contributed by atoms with Crippen LogP contribution in [0.1, 0.15) is 145 Å². The molecule has 14 atom stereocenters. The summed E-state index contributed by atoms with van der Waals surface area (Å²) in [6.07, 6.45) is -2.31. The zero-order chi connectivity index (χ0) is 107. The average molecular weight is 2040 g/mol. The van der Waals surface area contributed by atoms with Gasteiger partial charge in [0.05, 0.1) is 34.7 Å². The summed E-state index contributed by atoms with van der Waals surface area (Å²) in [5, 5.41) is 70.7. The van der Waals surface area contributed by atoms with Crippen molar-refractivity contribution in [2.24, 2.45) is 46.2 Å². The number of hydrogen-bond donors (Lipinski definition) is 25. The molecule has 145 heavy (non-hydrogen) atoms. The molecule has 1 unspecified atom stereocenters. The number of carbonyl (C=O) groups is 18. The number of fused-ring (bicyclic) bond motifs is 1. The number of nitrogens with one attached hydrogen (secondary N) is 17. The highest BCUT2D eigenvalue weighted by atomic mass is 32.2. The highest BCUT2D eigenvalue weighted by Crippen LogP contribution is 2.34. The molecule has 1 aliphatic rings. The summed E-state index contributed by atoms with van der Waals surface area (Å²) in [5.41, 5.74) is 38.4. The molecule has 0 aliphatic carbocycles. The largest absolute Gasteiger partial charge is 0.445 e. The maximum absolute atomic E-state index is 14.8. The molecule has 7 rings (SSSR count). The van der Waals surface area contributed by atoms with E-state index in [9.17, 15) is 96.5 Å². The van der Waals surface area contributed by atoms with Crippen molar-refractivity contribution in [3.8, 4) is 0 Å². The zero-order valence-corrected chi connectivity index (χ0v) is 83.1. The Morgan fingerprint density at radius 3 is 1.72 bits per heavy atom. The van der Waals surface area contributed by atoms with Crippen molar-refractivity contribution >= 4 is 147 Å². The number of benzene rings is 4. The van der Waals surface area contributed by atoms with E-state index in [0.29, 0.717) is 43.9 Å². The molecule has 31 N–H and O–H groups in total. The number of urea groups is 1. The van der Waals surface area contributed by atoms with E-state index in [2.05, 4.69) is 95.4 Å². The van der Waals surface area contributed by atoms with E-state index in [4.69, 9.17) is 44.2 Å². The molecule has 6 aromatic rings. The van der Waals surface area contributed by atoms with Gasteiger partial charge in [0.15, 0.2) is 0 Å². The molecule has 788 valence electrons. The first-order valence-electron chi connectivity index (χ1n) is 47.7. The molecule has 1 aliphatic heterocycles. The Kier molecular flexibility index (Phi) is 48.6. The number of nitrogens with two attached hydrogens (primary N) is 6. The van der Waals surface area contributed by atoms with Gasteiger partial charge in [0, 0.05) is 86.6 Å². The van der Waals surface area contributed by atoms with Gasteiger partial charge in [-0.2, -0.15) is 9.78 Å². The van der Waals surface area contributed by atoms with Gasteiger partial charge >= 0.3 is 18.2 Å². The maximum Gasteiger partial charge on any atom is 0.407 e. The second-order valence-corrected chi connectivity index (χ2v) is 36.3. The molecular weight excluding hydrogens is 1900 g/mol. The van der Waals surface area contributed by atoms with Gasteiger partial charge in [-0.05, 0) is 194 Å². The van der Waals surface area contributed by atoms with Gasteiger partial charge in [-0.15, -0.1) is 0 Å². The predicted molar refractivity (Wildman–Crippen MR) is 537 cm³/mol. The molecule has 0 spiro atoms. The third-order valence-electron chi connectivity index (χ3n) is 22.8. The molecule has 0 radical (unpaired) electrons. The Hall–Kier alpha value is -14.6. The second kappa shape index (κ2) is 60.1. The molecule has 49 heteroatoms. The van der Waals surface area contributed by atoms with E-state index in [-0.39, 0.29) is 128 Å². The fourth-order valence-electron chi connectivity index (χ4n) is 15.0. The maximum atomic E-state index is 14.8. The first-order chi connectivity index (χ1) is 69.2. The van der Waals surface area contributed by atoms with Crippen LogP contribution in [0.4, 0.5) is 20.1 Å². The lowest BCUT2D eigenvalue weighted by molar-refractivity contribution is -0.137. The average Bonchev–Trinajstić information content (AvgIpc) is 1.62. The first-order valence-corrected chi connectivity index (χ1v) is 48.5. The molecular formula is C96H137N27O21S. The van der Waals surface area contributed by atoms with Crippen LogP contribution in [0.5, 0.6) is 0 Å². The van der Waals surface area contributed by atoms with Crippen LogP contribution in [0.3, 0.4) is 0 Å².